The fraction of sp³-hybridized carbons (Fsp3) is 0.250. The number of alkyl halides is 1. The van der Waals surface area contributed by atoms with E-state index in [1.165, 1.54) is 16.2 Å². The molecule has 1 N–H and O–H groups in total. The number of benzene rings is 5. The van der Waals surface area contributed by atoms with E-state index in [0.29, 0.717) is 28.1 Å². The Morgan fingerprint density at radius 1 is 0.721 bits per heavy atom. The Kier molecular flexibility index (Phi) is 7.98. The van der Waals surface area contributed by atoms with Gasteiger partial charge in [-0.15, -0.1) is 0 Å². The zero-order chi connectivity index (χ0) is 30.4. The minimum Gasteiger partial charge on any atom is -0.507 e. The van der Waals surface area contributed by atoms with Crippen LogP contribution in [0.4, 0.5) is 0 Å². The van der Waals surface area contributed by atoms with Gasteiger partial charge in [0.2, 0.25) is 0 Å². The van der Waals surface area contributed by atoms with Crippen LogP contribution in [-0.2, 0) is 0 Å². The molecule has 43 heavy (non-hydrogen) atoms. The maximum Gasteiger partial charge on any atom is 0.191 e. The average molecular weight is 700 g/mol. The summed E-state index contributed by atoms with van der Waals surface area (Å²) in [5.74, 6) is 2.50. The summed E-state index contributed by atoms with van der Waals surface area (Å²) < 4.78 is 5.88. The monoisotopic (exact) mass is 699 g/mol. The van der Waals surface area contributed by atoms with Crippen molar-refractivity contribution < 1.29 is 9.84 Å². The Morgan fingerprint density at radius 2 is 1.37 bits per heavy atom. The predicted molar refractivity (Wildman–Crippen MR) is 188 cm³/mol. The fourth-order valence-corrected chi connectivity index (χ4v) is 7.79. The van der Waals surface area contributed by atoms with Gasteiger partial charge in [-0.3, -0.25) is 0 Å². The molecule has 0 amide bonds. The molecule has 0 bridgehead atoms. The number of thioether (sulfide) groups is 1. The van der Waals surface area contributed by atoms with E-state index in [4.69, 9.17) is 19.7 Å². The van der Waals surface area contributed by atoms with Crippen molar-refractivity contribution in [1.29, 1.82) is 0 Å². The summed E-state index contributed by atoms with van der Waals surface area (Å²) in [5, 5.41) is 18.8. The topological polar surface area (TPSA) is 68.1 Å². The van der Waals surface area contributed by atoms with Crippen LogP contribution in [0.15, 0.2) is 90.1 Å². The third kappa shape index (κ3) is 6.29. The van der Waals surface area contributed by atoms with E-state index in [1.54, 1.807) is 17.8 Å². The number of hydrogen-bond acceptors (Lipinski definition) is 6. The van der Waals surface area contributed by atoms with Crippen LogP contribution in [-0.4, -0.2) is 29.4 Å². The van der Waals surface area contributed by atoms with Crippen LogP contribution >= 0.6 is 34.4 Å². The van der Waals surface area contributed by atoms with Gasteiger partial charge in [0.1, 0.15) is 11.5 Å². The van der Waals surface area contributed by atoms with Crippen LogP contribution in [0.1, 0.15) is 41.0 Å². The number of rotatable bonds is 7. The lowest BCUT2D eigenvalue weighted by atomic mass is 9.89. The van der Waals surface area contributed by atoms with Gasteiger partial charge in [-0.2, -0.15) is 0 Å². The van der Waals surface area contributed by atoms with Crippen molar-refractivity contribution in [3.8, 4) is 34.3 Å². The van der Waals surface area contributed by atoms with E-state index in [-0.39, 0.29) is 11.2 Å². The van der Waals surface area contributed by atoms with Gasteiger partial charge < -0.3 is 9.84 Å². The number of phenols is 1. The van der Waals surface area contributed by atoms with Crippen molar-refractivity contribution in [2.24, 2.45) is 5.41 Å². The van der Waals surface area contributed by atoms with Gasteiger partial charge in [0.05, 0.1) is 5.56 Å². The van der Waals surface area contributed by atoms with E-state index in [9.17, 15) is 5.11 Å². The number of ether oxygens (including phenoxy) is 1. The molecule has 7 heteroatoms. The normalized spacial score (nSPS) is 13.4. The molecule has 1 aromatic heterocycles. The molecule has 5 nitrogen and oxygen atoms in total. The maximum absolute atomic E-state index is 11.2. The molecule has 218 valence electrons. The van der Waals surface area contributed by atoms with Gasteiger partial charge in [-0.25, -0.2) is 15.0 Å². The third-order valence-electron chi connectivity index (χ3n) is 7.28. The SMILES string of the molecule is CCSc1nc(-c2ccc(OC(C)(I)CC(C)(C)C)cc2O)nc(-c2cc3c4ccccc4ccc3c3ccccc23)n1. The first-order chi connectivity index (χ1) is 20.5. The average Bonchev–Trinajstić information content (AvgIpc) is 2.95. The number of halogens is 1. The smallest absolute Gasteiger partial charge is 0.191 e. The standard InChI is InChI=1S/C36H34IN3O2S/c1-6-43-34-39-32(28-18-16-23(19-31(28)41)42-36(5,37)21-35(2,3)4)38-33(40-34)30-20-29-24-12-8-7-11-22(24)15-17-27(29)25-13-9-10-14-26(25)30/h7-20,41H,6,21H2,1-5H3. The Hall–Kier alpha value is -3.43. The molecule has 6 aromatic rings. The number of nitrogens with zero attached hydrogens (tertiary/aromatic N) is 3. The van der Waals surface area contributed by atoms with E-state index in [2.05, 4.69) is 118 Å². The second-order valence-corrected chi connectivity index (χ2v) is 15.7. The van der Waals surface area contributed by atoms with Crippen LogP contribution in [0.3, 0.4) is 0 Å². The summed E-state index contributed by atoms with van der Waals surface area (Å²) in [6, 6.07) is 28.8. The molecule has 1 unspecified atom stereocenters. The molecule has 0 fully saturated rings. The Balaban J connectivity index is 1.50. The Morgan fingerprint density at radius 3 is 2.07 bits per heavy atom. The van der Waals surface area contributed by atoms with Crippen LogP contribution in [0.2, 0.25) is 0 Å². The summed E-state index contributed by atoms with van der Waals surface area (Å²) in [4.78, 5) is 14.7. The minimum atomic E-state index is -0.420. The largest absolute Gasteiger partial charge is 0.507 e. The lowest BCUT2D eigenvalue weighted by molar-refractivity contribution is 0.144. The summed E-state index contributed by atoms with van der Waals surface area (Å²) >= 11 is 3.90. The molecule has 1 heterocycles. The summed E-state index contributed by atoms with van der Waals surface area (Å²) in [6.07, 6.45) is 0.854. The number of hydrogen-bond donors (Lipinski definition) is 1. The van der Waals surface area contributed by atoms with Crippen LogP contribution < -0.4 is 4.74 Å². The van der Waals surface area contributed by atoms with Crippen molar-refractivity contribution in [3.63, 3.8) is 0 Å². The molecule has 0 saturated heterocycles. The van der Waals surface area contributed by atoms with Crippen molar-refractivity contribution in [2.45, 2.75) is 49.8 Å². The van der Waals surface area contributed by atoms with E-state index in [0.717, 1.165) is 33.9 Å². The highest BCUT2D eigenvalue weighted by atomic mass is 127. The molecule has 5 aromatic carbocycles. The maximum atomic E-state index is 11.2. The van der Waals surface area contributed by atoms with E-state index < -0.39 is 3.61 Å². The highest BCUT2D eigenvalue weighted by molar-refractivity contribution is 14.1. The van der Waals surface area contributed by atoms with Crippen LogP contribution in [0.25, 0.3) is 55.1 Å². The zero-order valence-electron chi connectivity index (χ0n) is 25.0. The molecule has 1 atom stereocenters. The molecule has 6 rings (SSSR count). The summed E-state index contributed by atoms with van der Waals surface area (Å²) in [7, 11) is 0. The molecular formula is C36H34IN3O2S. The first-order valence-electron chi connectivity index (χ1n) is 14.5. The molecular weight excluding hydrogens is 665 g/mol. The van der Waals surface area contributed by atoms with Crippen LogP contribution in [0, 0.1) is 5.41 Å². The molecule has 0 aliphatic heterocycles. The minimum absolute atomic E-state index is 0.0689. The number of phenolic OH excluding ortho intramolecular Hbond substituents is 1. The lowest BCUT2D eigenvalue weighted by Crippen LogP contribution is -2.30. The highest BCUT2D eigenvalue weighted by Crippen LogP contribution is 2.40. The molecule has 0 aliphatic rings. The lowest BCUT2D eigenvalue weighted by Gasteiger charge is -2.31. The van der Waals surface area contributed by atoms with Crippen molar-refractivity contribution in [1.82, 2.24) is 15.0 Å². The Bertz CT molecular complexity index is 1980. The van der Waals surface area contributed by atoms with Gasteiger partial charge in [0, 0.05) is 18.1 Å². The fourth-order valence-electron chi connectivity index (χ4n) is 5.83. The zero-order valence-corrected chi connectivity index (χ0v) is 28.0. The van der Waals surface area contributed by atoms with Crippen LogP contribution in [0.5, 0.6) is 11.5 Å². The first-order valence-corrected chi connectivity index (χ1v) is 16.5. The second-order valence-electron chi connectivity index (χ2n) is 12.2. The third-order valence-corrected chi connectivity index (χ3v) is 8.61. The predicted octanol–water partition coefficient (Wildman–Crippen LogP) is 10.4. The number of fused-ring (bicyclic) bond motifs is 5. The van der Waals surface area contributed by atoms with Gasteiger partial charge in [-0.1, -0.05) is 100 Å². The van der Waals surface area contributed by atoms with Gasteiger partial charge >= 0.3 is 0 Å². The summed E-state index contributed by atoms with van der Waals surface area (Å²) in [6.45, 7) is 10.7. The molecule has 0 saturated carbocycles. The van der Waals surface area contributed by atoms with Crippen molar-refractivity contribution >= 4 is 66.7 Å². The van der Waals surface area contributed by atoms with Crippen molar-refractivity contribution in [3.05, 3.63) is 84.9 Å². The number of aromatic hydroxyl groups is 1. The molecule has 0 spiro atoms. The van der Waals surface area contributed by atoms with Gasteiger partial charge in [0.15, 0.2) is 20.4 Å². The van der Waals surface area contributed by atoms with E-state index >= 15 is 0 Å². The Labute approximate surface area is 270 Å². The molecule has 0 radical (unpaired) electrons. The quantitative estimate of drug-likeness (QED) is 0.0774. The van der Waals surface area contributed by atoms with Crippen molar-refractivity contribution in [2.75, 3.05) is 5.75 Å². The molecule has 0 aliphatic carbocycles. The van der Waals surface area contributed by atoms with Gasteiger partial charge in [-0.05, 0) is 91.2 Å². The summed E-state index contributed by atoms with van der Waals surface area (Å²) in [5.41, 5.74) is 1.57. The number of aromatic nitrogens is 3. The van der Waals surface area contributed by atoms with Gasteiger partial charge in [0.25, 0.3) is 0 Å². The first kappa shape index (κ1) is 29.6. The highest BCUT2D eigenvalue weighted by Gasteiger charge is 2.29. The second kappa shape index (κ2) is 11.6. The van der Waals surface area contributed by atoms with E-state index in [1.807, 2.05) is 18.2 Å².